The van der Waals surface area contributed by atoms with Crippen LogP contribution in [-0.4, -0.2) is 0 Å². The van der Waals surface area contributed by atoms with Gasteiger partial charge in [0, 0.05) is 11.3 Å². The van der Waals surface area contributed by atoms with Crippen LogP contribution in [0, 0.1) is 0 Å². The van der Waals surface area contributed by atoms with Gasteiger partial charge in [0.2, 0.25) is 0 Å². The van der Waals surface area contributed by atoms with E-state index in [9.17, 15) is 0 Å². The molecule has 0 saturated heterocycles. The summed E-state index contributed by atoms with van der Waals surface area (Å²) < 4.78 is 37.0. The van der Waals surface area contributed by atoms with Crippen LogP contribution in [0.25, 0.3) is 0 Å². The Morgan fingerprint density at radius 1 is 1.56 bits per heavy atom. The fraction of sp³-hybridized carbons (Fsp3) is 0.250. The molecule has 0 aliphatic heterocycles. The number of hydrogen-bond acceptors (Lipinski definition) is 0. The third kappa shape index (κ3) is 1.83. The highest BCUT2D eigenvalue weighted by atomic mass is 79.9. The van der Waals surface area contributed by atoms with Crippen LogP contribution in [0.1, 0.15) is 19.3 Å². The predicted molar refractivity (Wildman–Crippen MR) is 43.5 cm³/mol. The first-order valence-electron chi connectivity index (χ1n) is 5.01. The molecular weight excluding hydrogens is 176 g/mol. The van der Waals surface area contributed by atoms with E-state index in [1.54, 1.807) is 12.1 Å². The smallest absolute Gasteiger partial charge is 0.0313 e. The van der Waals surface area contributed by atoms with E-state index in [1.807, 2.05) is 0 Å². The summed E-state index contributed by atoms with van der Waals surface area (Å²) in [5.74, 6) is 0. The van der Waals surface area contributed by atoms with Gasteiger partial charge in [0.1, 0.15) is 0 Å². The van der Waals surface area contributed by atoms with Gasteiger partial charge in [-0.05, 0) is 24.1 Å². The van der Waals surface area contributed by atoms with E-state index >= 15 is 0 Å². The Bertz CT molecular complexity index is 313. The molecule has 0 bridgehead atoms. The second-order valence-corrected chi connectivity index (χ2v) is 2.55. The number of hydrogen-bond donors (Lipinski definition) is 0. The van der Waals surface area contributed by atoms with Crippen molar-refractivity contribution in [1.29, 1.82) is 0 Å². The van der Waals surface area contributed by atoms with E-state index in [2.05, 4.69) is 15.9 Å². The number of benzene rings is 1. The second-order valence-electron chi connectivity index (χ2n) is 1.63. The summed E-state index contributed by atoms with van der Waals surface area (Å²) in [7, 11) is 0. The first kappa shape index (κ1) is 2.75. The van der Waals surface area contributed by atoms with E-state index in [4.69, 9.17) is 6.85 Å². The minimum Gasteiger partial charge on any atom is -0.0613 e. The molecule has 1 aromatic carbocycles. The molecule has 0 amide bonds. The zero-order chi connectivity index (χ0) is 11.0. The lowest BCUT2D eigenvalue weighted by Gasteiger charge is -1.93. The molecule has 0 radical (unpaired) electrons. The van der Waals surface area contributed by atoms with Crippen molar-refractivity contribution < 1.29 is 6.85 Å². The van der Waals surface area contributed by atoms with E-state index in [1.165, 1.54) is 12.1 Å². The van der Waals surface area contributed by atoms with Crippen molar-refractivity contribution in [1.82, 2.24) is 0 Å². The van der Waals surface area contributed by atoms with Gasteiger partial charge in [-0.3, -0.25) is 0 Å². The zero-order valence-corrected chi connectivity index (χ0v) is 6.27. The Balaban J connectivity index is 3.10. The molecule has 0 aliphatic carbocycles. The fourth-order valence-corrected chi connectivity index (χ4v) is 0.798. The molecule has 1 heteroatoms. The van der Waals surface area contributed by atoms with Crippen LogP contribution in [0.2, 0.25) is 0 Å². The molecule has 0 saturated carbocycles. The predicted octanol–water partition coefficient (Wildman–Crippen LogP) is 3.01. The zero-order valence-electron chi connectivity index (χ0n) is 9.69. The van der Waals surface area contributed by atoms with Crippen molar-refractivity contribution in [3.05, 3.63) is 34.3 Å². The Hall–Kier alpha value is -0.300. The summed E-state index contributed by atoms with van der Waals surface area (Å²) in [6.45, 7) is -2.64. The maximum atomic E-state index is 7.48. The topological polar surface area (TPSA) is 0 Å². The summed E-state index contributed by atoms with van der Waals surface area (Å²) in [5, 5.41) is 0. The normalized spacial score (nSPS) is 20.8. The first-order valence-corrected chi connectivity index (χ1v) is 3.30. The largest absolute Gasteiger partial charge is 0.0613 e. The molecule has 0 aliphatic rings. The average Bonchev–Trinajstić information content (AvgIpc) is 2.03. The number of halogens is 1. The lowest BCUT2D eigenvalue weighted by Crippen LogP contribution is -1.75. The van der Waals surface area contributed by atoms with Crippen molar-refractivity contribution in [3.63, 3.8) is 0 Å². The fourth-order valence-electron chi connectivity index (χ4n) is 0.533. The van der Waals surface area contributed by atoms with Crippen LogP contribution in [0.15, 0.2) is 28.7 Å². The average molecular weight is 190 g/mol. The minimum atomic E-state index is -2.64. The van der Waals surface area contributed by atoms with Crippen LogP contribution in [0.3, 0.4) is 0 Å². The van der Waals surface area contributed by atoms with Gasteiger partial charge in [0.15, 0.2) is 0 Å². The maximum Gasteiger partial charge on any atom is 0.0313 e. The van der Waals surface area contributed by atoms with Gasteiger partial charge < -0.3 is 0 Å². The Labute approximate surface area is 71.1 Å². The molecule has 0 unspecified atom stereocenters. The number of aryl methyl sites for hydroxylation is 1. The lowest BCUT2D eigenvalue weighted by molar-refractivity contribution is 1.14. The van der Waals surface area contributed by atoms with Crippen molar-refractivity contribution in [2.24, 2.45) is 0 Å². The van der Waals surface area contributed by atoms with Crippen molar-refractivity contribution in [3.8, 4) is 0 Å². The number of rotatable bonds is 1. The van der Waals surface area contributed by atoms with Gasteiger partial charge in [-0.1, -0.05) is 34.9 Å². The second kappa shape index (κ2) is 3.02. The van der Waals surface area contributed by atoms with Crippen molar-refractivity contribution >= 4 is 15.9 Å². The van der Waals surface area contributed by atoms with E-state index in [0.717, 1.165) is 4.47 Å². The van der Waals surface area contributed by atoms with E-state index in [-0.39, 0.29) is 5.56 Å². The van der Waals surface area contributed by atoms with Crippen molar-refractivity contribution in [2.75, 3.05) is 0 Å². The molecule has 0 heterocycles. The summed E-state index contributed by atoms with van der Waals surface area (Å²) in [6.07, 6.45) is -2.30. The molecule has 0 nitrogen and oxygen atoms in total. The third-order valence-electron chi connectivity index (χ3n) is 0.989. The standard InChI is InChI=1S/C8H9Br/c1-2-7-3-5-8(9)6-4-7/h3-6H,2H2,1H3/i1D3,2D2. The molecule has 9 heavy (non-hydrogen) atoms. The van der Waals surface area contributed by atoms with Gasteiger partial charge in [0.05, 0.1) is 0 Å². The summed E-state index contributed by atoms with van der Waals surface area (Å²) in [6, 6.07) is 6.19. The van der Waals surface area contributed by atoms with E-state index in [0.29, 0.717) is 0 Å². The molecular formula is C8H9Br. The highest BCUT2D eigenvalue weighted by molar-refractivity contribution is 9.10. The molecule has 1 aromatic rings. The van der Waals surface area contributed by atoms with Gasteiger partial charge in [-0.25, -0.2) is 0 Å². The van der Waals surface area contributed by atoms with Gasteiger partial charge in [-0.15, -0.1) is 0 Å². The maximum absolute atomic E-state index is 7.48. The highest BCUT2D eigenvalue weighted by Crippen LogP contribution is 2.10. The third-order valence-corrected chi connectivity index (χ3v) is 1.52. The molecule has 0 spiro atoms. The van der Waals surface area contributed by atoms with Gasteiger partial charge in [-0.2, -0.15) is 0 Å². The molecule has 0 N–H and O–H groups in total. The summed E-state index contributed by atoms with van der Waals surface area (Å²) in [5.41, 5.74) is 0.167. The van der Waals surface area contributed by atoms with E-state index < -0.39 is 13.2 Å². The lowest BCUT2D eigenvalue weighted by atomic mass is 10.2. The van der Waals surface area contributed by atoms with Crippen LogP contribution < -0.4 is 0 Å². The first-order chi connectivity index (χ1) is 6.25. The Kier molecular flexibility index (Phi) is 0.922. The quantitative estimate of drug-likeness (QED) is 0.638. The van der Waals surface area contributed by atoms with Gasteiger partial charge in [0.25, 0.3) is 0 Å². The summed E-state index contributed by atoms with van der Waals surface area (Å²) in [4.78, 5) is 0. The van der Waals surface area contributed by atoms with Crippen LogP contribution in [0.4, 0.5) is 0 Å². The van der Waals surface area contributed by atoms with Crippen LogP contribution in [0.5, 0.6) is 0 Å². The molecule has 0 aromatic heterocycles. The highest BCUT2D eigenvalue weighted by Gasteiger charge is 1.86. The molecule has 0 atom stereocenters. The Morgan fingerprint density at radius 2 is 2.22 bits per heavy atom. The van der Waals surface area contributed by atoms with Crippen LogP contribution in [-0.2, 0) is 6.37 Å². The molecule has 48 valence electrons. The summed E-state index contributed by atoms with van der Waals surface area (Å²) >= 11 is 3.20. The minimum absolute atomic E-state index is 0.167. The van der Waals surface area contributed by atoms with Gasteiger partial charge >= 0.3 is 0 Å². The Morgan fingerprint density at radius 3 is 2.78 bits per heavy atom. The molecule has 0 fully saturated rings. The monoisotopic (exact) mass is 189 g/mol. The van der Waals surface area contributed by atoms with Crippen molar-refractivity contribution in [2.45, 2.75) is 13.2 Å². The molecule has 1 rings (SSSR count). The SMILES string of the molecule is [2H]C([2H])([2H])C([2H])([2H])c1ccc(Br)cc1. The van der Waals surface area contributed by atoms with Crippen LogP contribution >= 0.6 is 15.9 Å².